The van der Waals surface area contributed by atoms with Gasteiger partial charge in [-0.3, -0.25) is 5.32 Å². The molecule has 11 heteroatoms. The van der Waals surface area contributed by atoms with Crippen molar-refractivity contribution in [3.63, 3.8) is 0 Å². The highest BCUT2D eigenvalue weighted by atomic mass is 35.6. The number of benzene rings is 1. The van der Waals surface area contributed by atoms with Crippen LogP contribution in [0.2, 0.25) is 0 Å². The van der Waals surface area contributed by atoms with Gasteiger partial charge in [-0.2, -0.15) is 13.2 Å². The fourth-order valence-electron chi connectivity index (χ4n) is 2.02. The van der Waals surface area contributed by atoms with Crippen molar-refractivity contribution in [1.82, 2.24) is 0 Å². The third-order valence-electron chi connectivity index (χ3n) is 2.78. The highest BCUT2D eigenvalue weighted by molar-refractivity contribution is 6.67. The zero-order valence-corrected chi connectivity index (χ0v) is 13.7. The van der Waals surface area contributed by atoms with Gasteiger partial charge in [0.1, 0.15) is 5.75 Å². The quantitative estimate of drug-likeness (QED) is 0.666. The lowest BCUT2D eigenvalue weighted by atomic mass is 9.96. The molecule has 1 aromatic rings. The molecule has 0 fully saturated rings. The summed E-state index contributed by atoms with van der Waals surface area (Å²) in [7, 11) is 1.11. The highest BCUT2D eigenvalue weighted by Crippen LogP contribution is 2.44. The number of methoxy groups -OCH3 is 1. The molecule has 0 atom stereocenters. The van der Waals surface area contributed by atoms with E-state index in [1.165, 1.54) is 0 Å². The zero-order chi connectivity index (χ0) is 18.0. The van der Waals surface area contributed by atoms with Crippen molar-refractivity contribution >= 4 is 46.6 Å². The van der Waals surface area contributed by atoms with Crippen molar-refractivity contribution in [2.75, 3.05) is 12.4 Å². The van der Waals surface area contributed by atoms with Crippen molar-refractivity contribution in [2.45, 2.75) is 23.0 Å². The lowest BCUT2D eigenvalue weighted by Gasteiger charge is -2.23. The summed E-state index contributed by atoms with van der Waals surface area (Å²) in [5, 5.41) is 19.9. The molecule has 0 saturated carbocycles. The topological polar surface area (TPSA) is 78.8 Å². The predicted molar refractivity (Wildman–Crippen MR) is 79.6 cm³/mol. The van der Waals surface area contributed by atoms with Crippen LogP contribution in [0.25, 0.3) is 0 Å². The smallest absolute Gasteiger partial charge is 0.416 e. The van der Waals surface area contributed by atoms with Gasteiger partial charge < -0.3 is 14.9 Å². The van der Waals surface area contributed by atoms with Crippen LogP contribution in [0, 0.1) is 0 Å². The summed E-state index contributed by atoms with van der Waals surface area (Å²) in [6.45, 7) is -0.878. The first-order chi connectivity index (χ1) is 10.4. The number of ether oxygens (including phenoxy) is 1. The number of carboxylic acid groups (broad SMARTS) is 1. The van der Waals surface area contributed by atoms with E-state index >= 15 is 0 Å². The number of alkyl halides is 6. The molecule has 3 N–H and O–H groups in total. The number of carbonyl (C=O) groups is 1. The molecule has 1 rings (SSSR count). The Kier molecular flexibility index (Phi) is 6.25. The van der Waals surface area contributed by atoms with Crippen LogP contribution in [0.15, 0.2) is 6.07 Å². The SMILES string of the molecule is COc1c(NC(=O)O)cc(C(F)(F)F)c(CC(Cl)(Cl)Cl)c1CO. The van der Waals surface area contributed by atoms with Crippen LogP contribution in [-0.2, 0) is 19.2 Å². The van der Waals surface area contributed by atoms with Gasteiger partial charge in [-0.05, 0) is 11.6 Å². The monoisotopic (exact) mass is 395 g/mol. The van der Waals surface area contributed by atoms with E-state index < -0.39 is 45.9 Å². The molecule has 0 unspecified atom stereocenters. The van der Waals surface area contributed by atoms with E-state index in [1.807, 2.05) is 0 Å². The molecule has 0 bridgehead atoms. The molecule has 0 aromatic heterocycles. The average molecular weight is 397 g/mol. The minimum absolute atomic E-state index is 0.285. The number of rotatable bonds is 4. The van der Waals surface area contributed by atoms with Crippen LogP contribution in [0.3, 0.4) is 0 Å². The van der Waals surface area contributed by atoms with E-state index in [0.29, 0.717) is 6.07 Å². The Labute approximate surface area is 143 Å². The molecule has 0 aliphatic carbocycles. The summed E-state index contributed by atoms with van der Waals surface area (Å²) in [6, 6.07) is 0.526. The number of hydrogen-bond donors (Lipinski definition) is 3. The Morgan fingerprint density at radius 3 is 2.22 bits per heavy atom. The van der Waals surface area contributed by atoms with Gasteiger partial charge in [0.25, 0.3) is 0 Å². The largest absolute Gasteiger partial charge is 0.494 e. The van der Waals surface area contributed by atoms with Crippen molar-refractivity contribution in [2.24, 2.45) is 0 Å². The predicted octanol–water partition coefficient (Wildman–Crippen LogP) is 4.21. The summed E-state index contributed by atoms with van der Waals surface area (Å²) in [6.07, 6.45) is -7.13. The zero-order valence-electron chi connectivity index (χ0n) is 11.5. The average Bonchev–Trinajstić information content (AvgIpc) is 2.35. The molecule has 0 heterocycles. The van der Waals surface area contributed by atoms with Gasteiger partial charge in [-0.25, -0.2) is 4.79 Å². The van der Waals surface area contributed by atoms with Crippen molar-refractivity contribution < 1.29 is 32.9 Å². The first-order valence-electron chi connectivity index (χ1n) is 5.88. The summed E-state index contributed by atoms with van der Waals surface area (Å²) < 4.78 is 42.6. The second-order valence-corrected chi connectivity index (χ2v) is 6.86. The second-order valence-electron chi connectivity index (χ2n) is 4.34. The van der Waals surface area contributed by atoms with Gasteiger partial charge in [0.2, 0.25) is 0 Å². The van der Waals surface area contributed by atoms with E-state index in [2.05, 4.69) is 0 Å². The molecule has 1 aromatic carbocycles. The molecular weight excluding hydrogens is 385 g/mol. The Hall–Kier alpha value is -1.09. The Morgan fingerprint density at radius 1 is 1.30 bits per heavy atom. The first kappa shape index (κ1) is 20.0. The number of hydrogen-bond acceptors (Lipinski definition) is 3. The third-order valence-corrected chi connectivity index (χ3v) is 3.18. The molecule has 23 heavy (non-hydrogen) atoms. The molecule has 130 valence electrons. The lowest BCUT2D eigenvalue weighted by Crippen LogP contribution is -2.20. The van der Waals surface area contributed by atoms with Crippen LogP contribution in [-0.4, -0.2) is 27.2 Å². The number of halogens is 6. The van der Waals surface area contributed by atoms with E-state index in [4.69, 9.17) is 44.6 Å². The van der Waals surface area contributed by atoms with Crippen LogP contribution in [0.4, 0.5) is 23.7 Å². The number of aliphatic hydroxyl groups is 1. The molecule has 1 amide bonds. The molecule has 0 aliphatic rings. The summed E-state index contributed by atoms with van der Waals surface area (Å²) in [5.74, 6) is -0.285. The van der Waals surface area contributed by atoms with Crippen LogP contribution in [0.1, 0.15) is 16.7 Å². The lowest BCUT2D eigenvalue weighted by molar-refractivity contribution is -0.138. The van der Waals surface area contributed by atoms with Gasteiger partial charge >= 0.3 is 12.3 Å². The minimum atomic E-state index is -4.86. The molecule has 5 nitrogen and oxygen atoms in total. The molecule has 0 radical (unpaired) electrons. The third kappa shape index (κ3) is 5.20. The summed E-state index contributed by atoms with van der Waals surface area (Å²) in [4.78, 5) is 10.7. The number of amides is 1. The Morgan fingerprint density at radius 2 is 1.87 bits per heavy atom. The number of aliphatic hydroxyl groups excluding tert-OH is 1. The second kappa shape index (κ2) is 7.21. The normalized spacial score (nSPS) is 12.2. The van der Waals surface area contributed by atoms with E-state index in [0.717, 1.165) is 7.11 Å². The van der Waals surface area contributed by atoms with E-state index in [1.54, 1.807) is 5.32 Å². The molecule has 0 spiro atoms. The van der Waals surface area contributed by atoms with Crippen molar-refractivity contribution in [1.29, 1.82) is 0 Å². The molecule has 0 saturated heterocycles. The fraction of sp³-hybridized carbons (Fsp3) is 0.417. The fourth-order valence-corrected chi connectivity index (χ4v) is 2.42. The summed E-state index contributed by atoms with van der Waals surface area (Å²) in [5.41, 5.74) is -2.54. The highest BCUT2D eigenvalue weighted by Gasteiger charge is 2.38. The van der Waals surface area contributed by atoms with Crippen LogP contribution >= 0.6 is 34.8 Å². The number of anilines is 1. The first-order valence-corrected chi connectivity index (χ1v) is 7.01. The Bertz CT molecular complexity index is 603. The molecular formula is C12H11Cl3F3NO4. The maximum absolute atomic E-state index is 13.3. The standard InChI is InChI=1S/C12H11Cl3F3NO4/c1-23-9-6(4-20)5(3-11(13,14)15)7(12(16,17)18)2-8(9)19-10(21)22/h2,19-20H,3-4H2,1H3,(H,21,22). The van der Waals surface area contributed by atoms with Crippen molar-refractivity contribution in [3.05, 3.63) is 22.8 Å². The van der Waals surface area contributed by atoms with Crippen LogP contribution in [0.5, 0.6) is 5.75 Å². The maximum Gasteiger partial charge on any atom is 0.416 e. The van der Waals surface area contributed by atoms with Gasteiger partial charge in [-0.15, -0.1) is 0 Å². The Balaban J connectivity index is 3.73. The van der Waals surface area contributed by atoms with Gasteiger partial charge in [0.15, 0.2) is 3.79 Å². The minimum Gasteiger partial charge on any atom is -0.494 e. The number of nitrogens with one attached hydrogen (secondary N) is 1. The van der Waals surface area contributed by atoms with Crippen molar-refractivity contribution in [3.8, 4) is 5.75 Å². The van der Waals surface area contributed by atoms with E-state index in [9.17, 15) is 23.1 Å². The molecule has 0 aliphatic heterocycles. The van der Waals surface area contributed by atoms with Crippen LogP contribution < -0.4 is 10.1 Å². The van der Waals surface area contributed by atoms with Gasteiger partial charge in [0.05, 0.1) is 25.0 Å². The van der Waals surface area contributed by atoms with Gasteiger partial charge in [0, 0.05) is 12.0 Å². The van der Waals surface area contributed by atoms with E-state index in [-0.39, 0.29) is 11.3 Å². The van der Waals surface area contributed by atoms with Gasteiger partial charge in [-0.1, -0.05) is 34.8 Å². The summed E-state index contributed by atoms with van der Waals surface area (Å²) >= 11 is 16.7. The maximum atomic E-state index is 13.3.